The number of hydrogen-bond donors (Lipinski definition) is 1. The van der Waals surface area contributed by atoms with E-state index in [0.717, 1.165) is 19.6 Å². The molecule has 2 fully saturated rings. The summed E-state index contributed by atoms with van der Waals surface area (Å²) in [5.74, 6) is 0.0546. The first kappa shape index (κ1) is 17.7. The van der Waals surface area contributed by atoms with Gasteiger partial charge in [0.05, 0.1) is 12.7 Å². The average molecular weight is 307 g/mol. The van der Waals surface area contributed by atoms with Gasteiger partial charge < -0.3 is 20.1 Å². The number of nitrogens with two attached hydrogens (primary N) is 1. The van der Waals surface area contributed by atoms with Crippen molar-refractivity contribution in [2.24, 2.45) is 11.1 Å². The second-order valence-electron chi connectivity index (χ2n) is 6.10. The summed E-state index contributed by atoms with van der Waals surface area (Å²) in [6, 6.07) is 0. The molecule has 2 atom stereocenters. The molecule has 1 amide bonds. The Balaban J connectivity index is 0.00000200. The number of nitrogens with zero attached hydrogens (tertiary/aromatic N) is 1. The third-order valence-electron chi connectivity index (χ3n) is 4.72. The van der Waals surface area contributed by atoms with Crippen molar-refractivity contribution in [3.05, 3.63) is 0 Å². The van der Waals surface area contributed by atoms with E-state index in [0.29, 0.717) is 26.2 Å². The van der Waals surface area contributed by atoms with Crippen molar-refractivity contribution in [1.29, 1.82) is 0 Å². The molecule has 0 aromatic heterocycles. The molecule has 2 N–H and O–H groups in total. The SMILES string of the molecule is CCOC1CC(N)(C(=O)N2CCCOCC2)C1(C)C.Cl. The Kier molecular flexibility index (Phi) is 5.84. The summed E-state index contributed by atoms with van der Waals surface area (Å²) in [4.78, 5) is 14.6. The molecule has 6 heteroatoms. The smallest absolute Gasteiger partial charge is 0.243 e. The molecule has 2 rings (SSSR count). The van der Waals surface area contributed by atoms with Crippen molar-refractivity contribution in [3.8, 4) is 0 Å². The highest BCUT2D eigenvalue weighted by molar-refractivity contribution is 5.89. The maximum atomic E-state index is 12.7. The lowest BCUT2D eigenvalue weighted by molar-refractivity contribution is -0.179. The molecule has 0 spiro atoms. The highest BCUT2D eigenvalue weighted by atomic mass is 35.5. The Morgan fingerprint density at radius 2 is 2.10 bits per heavy atom. The van der Waals surface area contributed by atoms with E-state index in [4.69, 9.17) is 15.2 Å². The Bertz CT molecular complexity index is 343. The maximum absolute atomic E-state index is 12.7. The minimum atomic E-state index is -0.794. The van der Waals surface area contributed by atoms with E-state index >= 15 is 0 Å². The molecule has 0 bridgehead atoms. The van der Waals surface area contributed by atoms with Gasteiger partial charge in [0.1, 0.15) is 5.54 Å². The number of halogens is 1. The first-order chi connectivity index (χ1) is 8.93. The minimum Gasteiger partial charge on any atom is -0.380 e. The third kappa shape index (κ3) is 2.82. The Hall–Kier alpha value is -0.360. The molecule has 0 aromatic carbocycles. The average Bonchev–Trinajstić information content (AvgIpc) is 2.66. The van der Waals surface area contributed by atoms with Crippen LogP contribution in [0.4, 0.5) is 0 Å². The molecule has 118 valence electrons. The van der Waals surface area contributed by atoms with Crippen LogP contribution in [0.5, 0.6) is 0 Å². The highest BCUT2D eigenvalue weighted by Gasteiger charge is 2.63. The van der Waals surface area contributed by atoms with Crippen molar-refractivity contribution >= 4 is 18.3 Å². The van der Waals surface area contributed by atoms with Crippen molar-refractivity contribution in [2.45, 2.75) is 45.3 Å². The van der Waals surface area contributed by atoms with Gasteiger partial charge >= 0.3 is 0 Å². The monoisotopic (exact) mass is 306 g/mol. The molecule has 2 aliphatic rings. The van der Waals surface area contributed by atoms with Crippen molar-refractivity contribution in [2.75, 3.05) is 32.9 Å². The fourth-order valence-electron chi connectivity index (χ4n) is 3.03. The normalized spacial score (nSPS) is 32.8. The van der Waals surface area contributed by atoms with Crippen LogP contribution in [0.25, 0.3) is 0 Å². The highest BCUT2D eigenvalue weighted by Crippen LogP contribution is 2.50. The zero-order chi connectivity index (χ0) is 14.1. The standard InChI is InChI=1S/C14H26N2O3.ClH/c1-4-19-11-10-14(15,13(11,2)3)12(17)16-6-5-8-18-9-7-16;/h11H,4-10,15H2,1-3H3;1H. The molecular weight excluding hydrogens is 280 g/mol. The molecule has 1 saturated carbocycles. The Labute approximate surface area is 127 Å². The molecule has 1 heterocycles. The van der Waals surface area contributed by atoms with Gasteiger partial charge in [0.25, 0.3) is 0 Å². The molecule has 1 aliphatic heterocycles. The summed E-state index contributed by atoms with van der Waals surface area (Å²) >= 11 is 0. The van der Waals surface area contributed by atoms with Crippen LogP contribution < -0.4 is 5.73 Å². The first-order valence-corrected chi connectivity index (χ1v) is 7.21. The summed E-state index contributed by atoms with van der Waals surface area (Å²) in [6.07, 6.45) is 1.58. The summed E-state index contributed by atoms with van der Waals surface area (Å²) < 4.78 is 11.1. The van der Waals surface area contributed by atoms with E-state index < -0.39 is 5.54 Å². The summed E-state index contributed by atoms with van der Waals surface area (Å²) in [7, 11) is 0. The van der Waals surface area contributed by atoms with Crippen LogP contribution in [-0.4, -0.2) is 55.4 Å². The van der Waals surface area contributed by atoms with Crippen LogP contribution in [0.2, 0.25) is 0 Å². The lowest BCUT2D eigenvalue weighted by Gasteiger charge is -2.58. The second-order valence-corrected chi connectivity index (χ2v) is 6.10. The van der Waals surface area contributed by atoms with Crippen LogP contribution in [0.15, 0.2) is 0 Å². The number of ether oxygens (including phenoxy) is 2. The lowest BCUT2D eigenvalue weighted by atomic mass is 9.54. The van der Waals surface area contributed by atoms with E-state index in [1.165, 1.54) is 0 Å². The zero-order valence-electron chi connectivity index (χ0n) is 12.7. The molecule has 0 aromatic rings. The number of carbonyl (C=O) groups is 1. The molecule has 1 aliphatic carbocycles. The third-order valence-corrected chi connectivity index (χ3v) is 4.72. The van der Waals surface area contributed by atoms with Crippen LogP contribution >= 0.6 is 12.4 Å². The van der Waals surface area contributed by atoms with Gasteiger partial charge in [-0.15, -0.1) is 12.4 Å². The van der Waals surface area contributed by atoms with Crippen molar-refractivity contribution < 1.29 is 14.3 Å². The lowest BCUT2D eigenvalue weighted by Crippen LogP contribution is -2.76. The van der Waals surface area contributed by atoms with Crippen LogP contribution in [0.1, 0.15) is 33.6 Å². The predicted octanol–water partition coefficient (Wildman–Crippen LogP) is 1.19. The van der Waals surface area contributed by atoms with Gasteiger partial charge in [-0.3, -0.25) is 4.79 Å². The van der Waals surface area contributed by atoms with Crippen molar-refractivity contribution in [1.82, 2.24) is 4.90 Å². The number of rotatable bonds is 3. The second kappa shape index (κ2) is 6.60. The minimum absolute atomic E-state index is 0. The van der Waals surface area contributed by atoms with Gasteiger partial charge in [-0.2, -0.15) is 0 Å². The van der Waals surface area contributed by atoms with E-state index in [9.17, 15) is 4.79 Å². The van der Waals surface area contributed by atoms with Gasteiger partial charge in [0.15, 0.2) is 0 Å². The topological polar surface area (TPSA) is 64.8 Å². The fraction of sp³-hybridized carbons (Fsp3) is 0.929. The molecule has 0 radical (unpaired) electrons. The van der Waals surface area contributed by atoms with E-state index in [2.05, 4.69) is 0 Å². The van der Waals surface area contributed by atoms with Gasteiger partial charge in [-0.05, 0) is 13.3 Å². The van der Waals surface area contributed by atoms with E-state index in [-0.39, 0.29) is 29.8 Å². The Morgan fingerprint density at radius 1 is 1.40 bits per heavy atom. The largest absolute Gasteiger partial charge is 0.380 e. The van der Waals surface area contributed by atoms with Crippen molar-refractivity contribution in [3.63, 3.8) is 0 Å². The molecule has 2 unspecified atom stereocenters. The number of amides is 1. The molecule has 5 nitrogen and oxygen atoms in total. The molecular formula is C14H27ClN2O3. The van der Waals surface area contributed by atoms with E-state index in [1.54, 1.807) is 0 Å². The van der Waals surface area contributed by atoms with Crippen LogP contribution in [0, 0.1) is 5.41 Å². The number of hydrogen-bond acceptors (Lipinski definition) is 4. The first-order valence-electron chi connectivity index (χ1n) is 7.21. The van der Waals surface area contributed by atoms with Gasteiger partial charge in [0.2, 0.25) is 5.91 Å². The summed E-state index contributed by atoms with van der Waals surface area (Å²) in [6.45, 7) is 9.42. The summed E-state index contributed by atoms with van der Waals surface area (Å²) in [5, 5.41) is 0. The number of carbonyl (C=O) groups excluding carboxylic acids is 1. The van der Waals surface area contributed by atoms with Gasteiger partial charge in [-0.1, -0.05) is 13.8 Å². The predicted molar refractivity (Wildman–Crippen MR) is 80.0 cm³/mol. The fourth-order valence-corrected chi connectivity index (χ4v) is 3.03. The Morgan fingerprint density at radius 3 is 2.70 bits per heavy atom. The quantitative estimate of drug-likeness (QED) is 0.850. The summed E-state index contributed by atoms with van der Waals surface area (Å²) in [5.41, 5.74) is 5.31. The molecule has 20 heavy (non-hydrogen) atoms. The zero-order valence-corrected chi connectivity index (χ0v) is 13.5. The maximum Gasteiger partial charge on any atom is 0.243 e. The van der Waals surface area contributed by atoms with E-state index in [1.807, 2.05) is 25.7 Å². The molecule has 1 saturated heterocycles. The van der Waals surface area contributed by atoms with Crippen LogP contribution in [-0.2, 0) is 14.3 Å². The van der Waals surface area contributed by atoms with Gasteiger partial charge in [-0.25, -0.2) is 0 Å². The van der Waals surface area contributed by atoms with Crippen LogP contribution in [0.3, 0.4) is 0 Å². The van der Waals surface area contributed by atoms with Gasteiger partial charge in [0, 0.05) is 38.1 Å².